The van der Waals surface area contributed by atoms with E-state index in [-0.39, 0.29) is 6.10 Å². The highest BCUT2D eigenvalue weighted by molar-refractivity contribution is 5.95. The van der Waals surface area contributed by atoms with Crippen molar-refractivity contribution >= 4 is 5.71 Å². The van der Waals surface area contributed by atoms with E-state index in [2.05, 4.69) is 11.1 Å². The summed E-state index contributed by atoms with van der Waals surface area (Å²) in [6.45, 7) is 7.72. The SMILES string of the molecule is C#CC[C@H]1OC(C)(C)O[C@H]1[C@H]1O[C@@H]2OC(C)(C)O[C@@H]2/C1=N/OCc1ccccc1. The molecule has 5 atom stereocenters. The van der Waals surface area contributed by atoms with Gasteiger partial charge in [-0.3, -0.25) is 0 Å². The number of hydrogen-bond acceptors (Lipinski definition) is 7. The molecule has 3 aliphatic heterocycles. The lowest BCUT2D eigenvalue weighted by Gasteiger charge is -2.25. The Morgan fingerprint density at radius 2 is 1.72 bits per heavy atom. The van der Waals surface area contributed by atoms with Crippen LogP contribution in [-0.2, 0) is 35.1 Å². The third kappa shape index (κ3) is 4.32. The maximum Gasteiger partial charge on any atom is 0.193 e. The molecule has 3 saturated heterocycles. The standard InChI is InChI=1S/C22H27NO6/c1-6-10-15-17(27-21(2,3)26-15)18-16(19-20(25-18)29-22(4,5)28-19)23-24-13-14-11-8-7-9-12-14/h1,7-9,11-12,15,17-20H,10,13H2,2-5H3/b23-16+/t15-,17-,18+,19-,20-/m1/s1. The van der Waals surface area contributed by atoms with Crippen molar-refractivity contribution in [3.63, 3.8) is 0 Å². The molecule has 29 heavy (non-hydrogen) atoms. The minimum absolute atomic E-state index is 0.328. The molecule has 0 N–H and O–H groups in total. The fraction of sp³-hybridized carbons (Fsp3) is 0.591. The van der Waals surface area contributed by atoms with Crippen LogP contribution in [0.3, 0.4) is 0 Å². The van der Waals surface area contributed by atoms with Gasteiger partial charge in [-0.2, -0.15) is 0 Å². The average Bonchev–Trinajstić information content (AvgIpc) is 3.23. The van der Waals surface area contributed by atoms with Crippen molar-refractivity contribution in [2.24, 2.45) is 5.16 Å². The predicted molar refractivity (Wildman–Crippen MR) is 105 cm³/mol. The second-order valence-electron chi connectivity index (χ2n) is 8.30. The third-order valence-electron chi connectivity index (χ3n) is 5.00. The molecule has 7 nitrogen and oxygen atoms in total. The summed E-state index contributed by atoms with van der Waals surface area (Å²) in [5, 5.41) is 4.39. The lowest BCUT2D eigenvalue weighted by molar-refractivity contribution is -0.211. The number of hydrogen-bond donors (Lipinski definition) is 0. The molecule has 0 saturated carbocycles. The van der Waals surface area contributed by atoms with Gasteiger partial charge in [0.2, 0.25) is 0 Å². The van der Waals surface area contributed by atoms with E-state index in [4.69, 9.17) is 34.9 Å². The Morgan fingerprint density at radius 3 is 2.45 bits per heavy atom. The van der Waals surface area contributed by atoms with Gasteiger partial charge in [0.1, 0.15) is 30.6 Å². The zero-order valence-corrected chi connectivity index (χ0v) is 17.2. The highest BCUT2D eigenvalue weighted by Crippen LogP contribution is 2.41. The van der Waals surface area contributed by atoms with Crippen molar-refractivity contribution in [1.29, 1.82) is 0 Å². The Morgan fingerprint density at radius 1 is 1.00 bits per heavy atom. The molecule has 0 bridgehead atoms. The van der Waals surface area contributed by atoms with Crippen LogP contribution in [0.25, 0.3) is 0 Å². The topological polar surface area (TPSA) is 67.7 Å². The Kier molecular flexibility index (Phi) is 5.40. The molecule has 0 aliphatic carbocycles. The summed E-state index contributed by atoms with van der Waals surface area (Å²) in [6.07, 6.45) is 3.54. The first-order valence-electron chi connectivity index (χ1n) is 9.82. The molecule has 0 amide bonds. The Bertz CT molecular complexity index is 799. The second-order valence-corrected chi connectivity index (χ2v) is 8.30. The van der Waals surface area contributed by atoms with Gasteiger partial charge in [-0.05, 0) is 33.3 Å². The van der Waals surface area contributed by atoms with E-state index < -0.39 is 36.2 Å². The summed E-state index contributed by atoms with van der Waals surface area (Å²) in [5.41, 5.74) is 1.60. The van der Waals surface area contributed by atoms with Crippen molar-refractivity contribution in [1.82, 2.24) is 0 Å². The lowest BCUT2D eigenvalue weighted by Crippen LogP contribution is -2.42. The molecule has 0 aromatic heterocycles. The van der Waals surface area contributed by atoms with Crippen LogP contribution in [0.2, 0.25) is 0 Å². The van der Waals surface area contributed by atoms with Crippen LogP contribution in [0.1, 0.15) is 39.7 Å². The molecule has 3 heterocycles. The van der Waals surface area contributed by atoms with Crippen LogP contribution in [0.15, 0.2) is 35.5 Å². The lowest BCUT2D eigenvalue weighted by atomic mass is 10.0. The molecule has 4 rings (SSSR count). The van der Waals surface area contributed by atoms with E-state index in [1.807, 2.05) is 58.0 Å². The zero-order valence-electron chi connectivity index (χ0n) is 17.2. The maximum atomic E-state index is 6.16. The highest BCUT2D eigenvalue weighted by atomic mass is 16.8. The normalized spacial score (nSPS) is 36.1. The Labute approximate surface area is 171 Å². The van der Waals surface area contributed by atoms with E-state index in [9.17, 15) is 0 Å². The highest BCUT2D eigenvalue weighted by Gasteiger charge is 2.59. The van der Waals surface area contributed by atoms with Gasteiger partial charge in [0.05, 0.1) is 0 Å². The zero-order chi connectivity index (χ0) is 20.6. The molecule has 3 aliphatic rings. The number of terminal acetylenes is 1. The predicted octanol–water partition coefficient (Wildman–Crippen LogP) is 2.98. The molecule has 0 radical (unpaired) electrons. The number of fused-ring (bicyclic) bond motifs is 1. The van der Waals surface area contributed by atoms with Crippen molar-refractivity contribution in [2.45, 2.75) is 83.0 Å². The van der Waals surface area contributed by atoms with Crippen LogP contribution in [-0.4, -0.2) is 48.0 Å². The van der Waals surface area contributed by atoms with Gasteiger partial charge in [-0.15, -0.1) is 12.3 Å². The van der Waals surface area contributed by atoms with Crippen molar-refractivity contribution in [2.75, 3.05) is 0 Å². The number of rotatable bonds is 5. The number of nitrogens with zero attached hydrogens (tertiary/aromatic N) is 1. The van der Waals surface area contributed by atoms with Gasteiger partial charge in [0, 0.05) is 6.42 Å². The third-order valence-corrected chi connectivity index (χ3v) is 5.00. The van der Waals surface area contributed by atoms with Crippen LogP contribution < -0.4 is 0 Å². The van der Waals surface area contributed by atoms with Gasteiger partial charge in [-0.25, -0.2) is 0 Å². The number of benzene rings is 1. The summed E-state index contributed by atoms with van der Waals surface area (Å²) in [7, 11) is 0. The molecule has 3 fully saturated rings. The quantitative estimate of drug-likeness (QED) is 0.558. The molecular weight excluding hydrogens is 374 g/mol. The molecule has 0 spiro atoms. The van der Waals surface area contributed by atoms with Gasteiger partial charge in [0.15, 0.2) is 24.0 Å². The van der Waals surface area contributed by atoms with Crippen LogP contribution in [0.4, 0.5) is 0 Å². The molecular formula is C22H27NO6. The molecule has 1 aromatic carbocycles. The Hall–Kier alpha value is -1.95. The van der Waals surface area contributed by atoms with Crippen LogP contribution in [0, 0.1) is 12.3 Å². The first-order chi connectivity index (χ1) is 13.8. The minimum atomic E-state index is -0.774. The maximum absolute atomic E-state index is 6.16. The summed E-state index contributed by atoms with van der Waals surface area (Å²) in [6, 6.07) is 9.82. The number of oxime groups is 1. The van der Waals surface area contributed by atoms with E-state index in [1.54, 1.807) is 0 Å². The monoisotopic (exact) mass is 401 g/mol. The van der Waals surface area contributed by atoms with Crippen LogP contribution in [0.5, 0.6) is 0 Å². The summed E-state index contributed by atoms with van der Waals surface area (Å²) >= 11 is 0. The van der Waals surface area contributed by atoms with E-state index >= 15 is 0 Å². The summed E-state index contributed by atoms with van der Waals surface area (Å²) in [4.78, 5) is 5.65. The van der Waals surface area contributed by atoms with Crippen LogP contribution >= 0.6 is 0 Å². The summed E-state index contributed by atoms with van der Waals surface area (Å²) in [5.74, 6) is 1.10. The van der Waals surface area contributed by atoms with Gasteiger partial charge in [0.25, 0.3) is 0 Å². The second kappa shape index (κ2) is 7.71. The van der Waals surface area contributed by atoms with Crippen molar-refractivity contribution in [3.05, 3.63) is 35.9 Å². The molecule has 156 valence electrons. The van der Waals surface area contributed by atoms with E-state index in [0.717, 1.165) is 5.56 Å². The first kappa shape index (κ1) is 20.3. The van der Waals surface area contributed by atoms with E-state index in [0.29, 0.717) is 18.7 Å². The number of ether oxygens (including phenoxy) is 5. The first-order valence-corrected chi connectivity index (χ1v) is 9.82. The minimum Gasteiger partial charge on any atom is -0.391 e. The molecule has 1 aromatic rings. The average molecular weight is 401 g/mol. The fourth-order valence-corrected chi connectivity index (χ4v) is 3.90. The summed E-state index contributed by atoms with van der Waals surface area (Å²) < 4.78 is 30.2. The van der Waals surface area contributed by atoms with Gasteiger partial charge < -0.3 is 28.5 Å². The van der Waals surface area contributed by atoms with Gasteiger partial charge >= 0.3 is 0 Å². The van der Waals surface area contributed by atoms with Gasteiger partial charge in [-0.1, -0.05) is 35.5 Å². The molecule has 7 heteroatoms. The van der Waals surface area contributed by atoms with E-state index in [1.165, 1.54) is 0 Å². The Balaban J connectivity index is 1.57. The largest absolute Gasteiger partial charge is 0.391 e. The fourth-order valence-electron chi connectivity index (χ4n) is 3.90. The smallest absolute Gasteiger partial charge is 0.193 e. The van der Waals surface area contributed by atoms with Crippen molar-refractivity contribution in [3.8, 4) is 12.3 Å². The molecule has 0 unspecified atom stereocenters. The van der Waals surface area contributed by atoms with Crippen molar-refractivity contribution < 1.29 is 28.5 Å².